The van der Waals surface area contributed by atoms with Crippen molar-refractivity contribution in [1.29, 1.82) is 0 Å². The zero-order valence-corrected chi connectivity index (χ0v) is 14.1. The predicted octanol–water partition coefficient (Wildman–Crippen LogP) is 1.95. The van der Waals surface area contributed by atoms with Crippen molar-refractivity contribution in [2.45, 2.75) is 51.7 Å². The molecule has 0 saturated carbocycles. The van der Waals surface area contributed by atoms with Crippen LogP contribution in [-0.4, -0.2) is 52.1 Å². The van der Waals surface area contributed by atoms with Crippen LogP contribution in [0, 0.1) is 0 Å². The van der Waals surface area contributed by atoms with Gasteiger partial charge >= 0.3 is 6.09 Å². The molecule has 1 atom stereocenters. The highest BCUT2D eigenvalue weighted by Crippen LogP contribution is 2.15. The fraction of sp³-hybridized carbons (Fsp3) is 0.750. The maximum absolute atomic E-state index is 12.1. The van der Waals surface area contributed by atoms with E-state index in [2.05, 4.69) is 10.4 Å². The first-order chi connectivity index (χ1) is 10.3. The third-order valence-electron chi connectivity index (χ3n) is 3.68. The molecule has 1 N–H and O–H groups in total. The van der Waals surface area contributed by atoms with Crippen LogP contribution in [0.25, 0.3) is 0 Å². The Hall–Kier alpha value is -1.56. The molecule has 0 aromatic carbocycles. The Morgan fingerprint density at radius 1 is 1.50 bits per heavy atom. The average Bonchev–Trinajstić information content (AvgIpc) is 2.83. The topological polar surface area (TPSA) is 59.4 Å². The second kappa shape index (κ2) is 7.13. The summed E-state index contributed by atoms with van der Waals surface area (Å²) >= 11 is 0. The van der Waals surface area contributed by atoms with Gasteiger partial charge in [0.15, 0.2) is 0 Å². The van der Waals surface area contributed by atoms with Gasteiger partial charge in [-0.25, -0.2) is 4.79 Å². The van der Waals surface area contributed by atoms with Crippen LogP contribution in [0.4, 0.5) is 4.79 Å². The molecule has 0 radical (unpaired) electrons. The van der Waals surface area contributed by atoms with E-state index in [0.717, 1.165) is 38.9 Å². The van der Waals surface area contributed by atoms with Crippen molar-refractivity contribution < 1.29 is 9.53 Å². The van der Waals surface area contributed by atoms with Crippen molar-refractivity contribution in [2.75, 3.05) is 19.6 Å². The number of ether oxygens (including phenoxy) is 1. The van der Waals surface area contributed by atoms with E-state index >= 15 is 0 Å². The second-order valence-electron chi connectivity index (χ2n) is 6.99. The summed E-state index contributed by atoms with van der Waals surface area (Å²) in [7, 11) is 1.93. The summed E-state index contributed by atoms with van der Waals surface area (Å²) in [4.78, 5) is 13.9. The van der Waals surface area contributed by atoms with E-state index in [1.165, 1.54) is 5.56 Å². The number of nitrogens with one attached hydrogen (secondary N) is 1. The number of likely N-dealkylation sites (tertiary alicyclic amines) is 1. The number of carbonyl (C=O) groups is 1. The Morgan fingerprint density at radius 3 is 2.91 bits per heavy atom. The van der Waals surface area contributed by atoms with E-state index in [1.54, 1.807) is 0 Å². The lowest BCUT2D eigenvalue weighted by molar-refractivity contribution is 0.0188. The van der Waals surface area contributed by atoms with Gasteiger partial charge in [-0.15, -0.1) is 0 Å². The van der Waals surface area contributed by atoms with Gasteiger partial charge < -0.3 is 15.0 Å². The van der Waals surface area contributed by atoms with Crippen LogP contribution in [0.2, 0.25) is 0 Å². The van der Waals surface area contributed by atoms with Gasteiger partial charge in [0.25, 0.3) is 0 Å². The van der Waals surface area contributed by atoms with E-state index in [1.807, 2.05) is 49.8 Å². The molecule has 6 nitrogen and oxygen atoms in total. The van der Waals surface area contributed by atoms with E-state index < -0.39 is 5.60 Å². The summed E-state index contributed by atoms with van der Waals surface area (Å²) in [5, 5.41) is 7.71. The molecule has 1 amide bonds. The number of amides is 1. The van der Waals surface area contributed by atoms with E-state index in [0.29, 0.717) is 6.04 Å². The first-order valence-corrected chi connectivity index (χ1v) is 8.02. The van der Waals surface area contributed by atoms with Crippen molar-refractivity contribution in [1.82, 2.24) is 20.0 Å². The van der Waals surface area contributed by atoms with Crippen LogP contribution >= 0.6 is 0 Å². The van der Waals surface area contributed by atoms with Gasteiger partial charge in [0.1, 0.15) is 5.60 Å². The molecule has 1 aromatic rings. The number of hydrogen-bond donors (Lipinski definition) is 1. The van der Waals surface area contributed by atoms with Crippen molar-refractivity contribution in [3.8, 4) is 0 Å². The Morgan fingerprint density at radius 2 is 2.27 bits per heavy atom. The number of aromatic nitrogens is 2. The molecule has 22 heavy (non-hydrogen) atoms. The lowest BCUT2D eigenvalue weighted by Gasteiger charge is -2.34. The van der Waals surface area contributed by atoms with E-state index in [9.17, 15) is 4.79 Å². The van der Waals surface area contributed by atoms with Gasteiger partial charge in [-0.3, -0.25) is 4.68 Å². The first-order valence-electron chi connectivity index (χ1n) is 8.02. The molecule has 1 aliphatic rings. The van der Waals surface area contributed by atoms with E-state index in [4.69, 9.17) is 4.74 Å². The highest BCUT2D eigenvalue weighted by Gasteiger charge is 2.27. The average molecular weight is 308 g/mol. The fourth-order valence-corrected chi connectivity index (χ4v) is 2.66. The summed E-state index contributed by atoms with van der Waals surface area (Å²) in [5.74, 6) is 0. The summed E-state index contributed by atoms with van der Waals surface area (Å²) in [6, 6.07) is 0.345. The molecule has 124 valence electrons. The van der Waals surface area contributed by atoms with Crippen LogP contribution in [0.1, 0.15) is 39.2 Å². The summed E-state index contributed by atoms with van der Waals surface area (Å²) < 4.78 is 7.27. The van der Waals surface area contributed by atoms with Crippen molar-refractivity contribution in [3.63, 3.8) is 0 Å². The second-order valence-corrected chi connectivity index (χ2v) is 6.99. The Bertz CT molecular complexity index is 493. The Labute approximate surface area is 132 Å². The third-order valence-corrected chi connectivity index (χ3v) is 3.68. The number of piperidine rings is 1. The minimum Gasteiger partial charge on any atom is -0.444 e. The molecule has 1 saturated heterocycles. The first kappa shape index (κ1) is 16.8. The maximum Gasteiger partial charge on any atom is 0.410 e. The molecule has 1 fully saturated rings. The Balaban J connectivity index is 1.74. The number of hydrogen-bond acceptors (Lipinski definition) is 4. The number of rotatable bonds is 4. The third kappa shape index (κ3) is 5.33. The molecule has 1 unspecified atom stereocenters. The number of nitrogens with zero attached hydrogens (tertiary/aromatic N) is 3. The zero-order chi connectivity index (χ0) is 16.2. The van der Waals surface area contributed by atoms with E-state index in [-0.39, 0.29) is 6.09 Å². The number of aryl methyl sites for hydroxylation is 1. The monoisotopic (exact) mass is 308 g/mol. The summed E-state index contributed by atoms with van der Waals surface area (Å²) in [6.07, 6.45) is 6.81. The van der Waals surface area contributed by atoms with Gasteiger partial charge in [-0.2, -0.15) is 5.10 Å². The number of carbonyl (C=O) groups excluding carboxylic acids is 1. The molecule has 0 spiro atoms. The lowest BCUT2D eigenvalue weighted by atomic mass is 10.1. The SMILES string of the molecule is Cn1cc(CCNC2CCCN(C(=O)OC(C)(C)C)C2)cn1. The molecular weight excluding hydrogens is 280 g/mol. The maximum atomic E-state index is 12.1. The fourth-order valence-electron chi connectivity index (χ4n) is 2.66. The highest BCUT2D eigenvalue weighted by molar-refractivity contribution is 5.68. The van der Waals surface area contributed by atoms with Crippen LogP contribution in [0.3, 0.4) is 0 Å². The molecular formula is C16H28N4O2. The van der Waals surface area contributed by atoms with Crippen LogP contribution in [-0.2, 0) is 18.2 Å². The van der Waals surface area contributed by atoms with Gasteiger partial charge in [0.05, 0.1) is 6.20 Å². The summed E-state index contributed by atoms with van der Waals surface area (Å²) in [6.45, 7) is 8.12. The molecule has 6 heteroatoms. The standard InChI is InChI=1S/C16H28N4O2/c1-16(2,3)22-15(21)20-9-5-6-14(12-20)17-8-7-13-10-18-19(4)11-13/h10-11,14,17H,5-9,12H2,1-4H3. The molecule has 0 aliphatic carbocycles. The van der Waals surface area contributed by atoms with Gasteiger partial charge in [0.2, 0.25) is 0 Å². The van der Waals surface area contributed by atoms with Crippen molar-refractivity contribution in [3.05, 3.63) is 18.0 Å². The van der Waals surface area contributed by atoms with Crippen LogP contribution in [0.15, 0.2) is 12.4 Å². The molecule has 2 heterocycles. The molecule has 0 bridgehead atoms. The van der Waals surface area contributed by atoms with Gasteiger partial charge in [-0.05, 0) is 52.1 Å². The van der Waals surface area contributed by atoms with Gasteiger partial charge in [0, 0.05) is 32.4 Å². The Kier molecular flexibility index (Phi) is 5.45. The molecule has 1 aromatic heterocycles. The van der Waals surface area contributed by atoms with Crippen LogP contribution in [0.5, 0.6) is 0 Å². The lowest BCUT2D eigenvalue weighted by Crippen LogP contribution is -2.49. The van der Waals surface area contributed by atoms with Crippen molar-refractivity contribution in [2.24, 2.45) is 7.05 Å². The summed E-state index contributed by atoms with van der Waals surface area (Å²) in [5.41, 5.74) is 0.799. The van der Waals surface area contributed by atoms with Crippen molar-refractivity contribution >= 4 is 6.09 Å². The largest absolute Gasteiger partial charge is 0.444 e. The minimum atomic E-state index is -0.433. The molecule has 2 rings (SSSR count). The van der Waals surface area contributed by atoms with Crippen LogP contribution < -0.4 is 5.32 Å². The zero-order valence-electron chi connectivity index (χ0n) is 14.1. The quantitative estimate of drug-likeness (QED) is 0.923. The molecule has 1 aliphatic heterocycles. The highest BCUT2D eigenvalue weighted by atomic mass is 16.6. The normalized spacial score (nSPS) is 19.3. The predicted molar refractivity (Wildman–Crippen MR) is 85.7 cm³/mol. The minimum absolute atomic E-state index is 0.203. The smallest absolute Gasteiger partial charge is 0.410 e. The van der Waals surface area contributed by atoms with Gasteiger partial charge in [-0.1, -0.05) is 0 Å².